The third kappa shape index (κ3) is 2.87. The van der Waals surface area contributed by atoms with E-state index in [0.717, 1.165) is 0 Å². The minimum absolute atomic E-state index is 0.312. The zero-order valence-corrected chi connectivity index (χ0v) is 9.69. The number of aliphatic hydroxyl groups excluding tert-OH is 2. The molecule has 0 heterocycles. The Balaban J connectivity index is 3.43. The number of nitrogens with zero attached hydrogens (tertiary/aromatic N) is 1. The van der Waals surface area contributed by atoms with Gasteiger partial charge in [-0.05, 0) is 6.07 Å². The van der Waals surface area contributed by atoms with Crippen LogP contribution in [0.2, 0.25) is 0 Å². The van der Waals surface area contributed by atoms with Crippen LogP contribution in [-0.4, -0.2) is 38.2 Å². The first-order chi connectivity index (χ1) is 9.16. The van der Waals surface area contributed by atoms with Gasteiger partial charge in [0.25, 0.3) is 5.69 Å². The normalized spacial score (nSPS) is 13.6. The predicted molar refractivity (Wildman–Crippen MR) is 60.2 cm³/mol. The van der Waals surface area contributed by atoms with Crippen molar-refractivity contribution in [3.8, 4) is 0 Å². The summed E-state index contributed by atoms with van der Waals surface area (Å²) >= 11 is 0. The summed E-state index contributed by atoms with van der Waals surface area (Å²) in [7, 11) is 0. The standard InChI is InChI=1S/C10H9FN2O7/c11-5-1-4(10(17)18)6(13(19)20)2-3(5)7(14)8(15)9(12)16/h1-2,7-8,14-15H,(H2,12,16)(H,17,18). The van der Waals surface area contributed by atoms with E-state index >= 15 is 0 Å². The molecule has 0 spiro atoms. The van der Waals surface area contributed by atoms with Crippen molar-refractivity contribution >= 4 is 17.6 Å². The molecule has 5 N–H and O–H groups in total. The Bertz CT molecular complexity index is 589. The van der Waals surface area contributed by atoms with Gasteiger partial charge < -0.3 is 21.1 Å². The number of carboxylic acids is 1. The van der Waals surface area contributed by atoms with E-state index in [4.69, 9.17) is 10.8 Å². The molecule has 0 aromatic heterocycles. The van der Waals surface area contributed by atoms with E-state index in [1.54, 1.807) is 0 Å². The smallest absolute Gasteiger partial charge is 0.342 e. The Morgan fingerprint density at radius 2 is 1.90 bits per heavy atom. The van der Waals surface area contributed by atoms with E-state index in [2.05, 4.69) is 0 Å². The van der Waals surface area contributed by atoms with E-state index in [1.165, 1.54) is 0 Å². The van der Waals surface area contributed by atoms with Gasteiger partial charge in [0.2, 0.25) is 5.91 Å². The summed E-state index contributed by atoms with van der Waals surface area (Å²) in [5.74, 6) is -4.45. The van der Waals surface area contributed by atoms with Crippen molar-refractivity contribution < 1.29 is 34.2 Å². The van der Waals surface area contributed by atoms with Gasteiger partial charge in [-0.1, -0.05) is 0 Å². The molecule has 10 heteroatoms. The van der Waals surface area contributed by atoms with Gasteiger partial charge in [0.1, 0.15) is 17.5 Å². The van der Waals surface area contributed by atoms with Crippen LogP contribution in [0.4, 0.5) is 10.1 Å². The van der Waals surface area contributed by atoms with Crippen LogP contribution in [0.1, 0.15) is 22.0 Å². The lowest BCUT2D eigenvalue weighted by Gasteiger charge is -2.16. The molecule has 2 atom stereocenters. The highest BCUT2D eigenvalue weighted by atomic mass is 19.1. The summed E-state index contributed by atoms with van der Waals surface area (Å²) in [6, 6.07) is 0.738. The zero-order valence-electron chi connectivity index (χ0n) is 9.69. The summed E-state index contributed by atoms with van der Waals surface area (Å²) in [4.78, 5) is 31.0. The number of primary amides is 1. The molecule has 1 amide bonds. The molecule has 0 radical (unpaired) electrons. The van der Waals surface area contributed by atoms with Crippen LogP contribution in [-0.2, 0) is 4.79 Å². The van der Waals surface area contributed by atoms with E-state index in [9.17, 15) is 34.3 Å². The van der Waals surface area contributed by atoms with Gasteiger partial charge in [-0.2, -0.15) is 0 Å². The molecule has 0 aliphatic heterocycles. The van der Waals surface area contributed by atoms with Gasteiger partial charge in [-0.25, -0.2) is 9.18 Å². The summed E-state index contributed by atoms with van der Waals surface area (Å²) in [5.41, 5.74) is 1.96. The number of hydrogen-bond acceptors (Lipinski definition) is 6. The molecule has 20 heavy (non-hydrogen) atoms. The zero-order chi connectivity index (χ0) is 15.6. The molecule has 1 rings (SSSR count). The number of carbonyl (C=O) groups is 2. The minimum atomic E-state index is -2.19. The lowest BCUT2D eigenvalue weighted by molar-refractivity contribution is -0.385. The number of amides is 1. The van der Waals surface area contributed by atoms with E-state index in [0.29, 0.717) is 12.1 Å². The minimum Gasteiger partial charge on any atom is -0.477 e. The average Bonchev–Trinajstić information content (AvgIpc) is 2.35. The number of hydrogen-bond donors (Lipinski definition) is 4. The fourth-order valence-corrected chi connectivity index (χ4v) is 1.45. The third-order valence-corrected chi connectivity index (χ3v) is 2.45. The number of rotatable bonds is 5. The number of carboxylic acid groups (broad SMARTS) is 1. The first-order valence-electron chi connectivity index (χ1n) is 5.03. The van der Waals surface area contributed by atoms with Gasteiger partial charge in [0.05, 0.1) is 4.92 Å². The summed E-state index contributed by atoms with van der Waals surface area (Å²) < 4.78 is 13.6. The van der Waals surface area contributed by atoms with E-state index in [1.807, 2.05) is 0 Å². The van der Waals surface area contributed by atoms with Crippen molar-refractivity contribution in [2.75, 3.05) is 0 Å². The van der Waals surface area contributed by atoms with Gasteiger partial charge in [0.15, 0.2) is 6.10 Å². The van der Waals surface area contributed by atoms with Crippen molar-refractivity contribution in [1.82, 2.24) is 0 Å². The lowest BCUT2D eigenvalue weighted by Crippen LogP contribution is -2.34. The summed E-state index contributed by atoms with van der Waals surface area (Å²) in [6.07, 6.45) is -4.35. The van der Waals surface area contributed by atoms with E-state index in [-0.39, 0.29) is 0 Å². The second-order valence-corrected chi connectivity index (χ2v) is 3.75. The molecule has 0 saturated heterocycles. The van der Waals surface area contributed by atoms with Crippen LogP contribution in [0.3, 0.4) is 0 Å². The second kappa shape index (κ2) is 5.59. The number of nitro benzene ring substituents is 1. The van der Waals surface area contributed by atoms with Crippen LogP contribution in [0.15, 0.2) is 12.1 Å². The van der Waals surface area contributed by atoms with Gasteiger partial charge in [-0.3, -0.25) is 14.9 Å². The number of carbonyl (C=O) groups excluding carboxylic acids is 1. The third-order valence-electron chi connectivity index (χ3n) is 2.45. The number of nitrogens with two attached hydrogens (primary N) is 1. The van der Waals surface area contributed by atoms with Crippen LogP contribution < -0.4 is 5.73 Å². The SMILES string of the molecule is NC(=O)C(O)C(O)c1cc([N+](=O)[O-])c(C(=O)O)cc1F. The maximum atomic E-state index is 13.6. The van der Waals surface area contributed by atoms with Crippen molar-refractivity contribution in [3.05, 3.63) is 39.2 Å². The Morgan fingerprint density at radius 1 is 1.35 bits per heavy atom. The fraction of sp³-hybridized carbons (Fsp3) is 0.200. The fourth-order valence-electron chi connectivity index (χ4n) is 1.45. The van der Waals surface area contributed by atoms with E-state index < -0.39 is 51.6 Å². The van der Waals surface area contributed by atoms with Crippen molar-refractivity contribution in [1.29, 1.82) is 0 Å². The molecule has 0 bridgehead atoms. The summed E-state index contributed by atoms with van der Waals surface area (Å²) in [6.45, 7) is 0. The summed E-state index contributed by atoms with van der Waals surface area (Å²) in [5, 5.41) is 38.1. The molecule has 0 saturated carbocycles. The maximum absolute atomic E-state index is 13.6. The topological polar surface area (TPSA) is 164 Å². The molecule has 0 fully saturated rings. The van der Waals surface area contributed by atoms with Gasteiger partial charge in [-0.15, -0.1) is 0 Å². The monoisotopic (exact) mass is 288 g/mol. The molecule has 1 aromatic rings. The maximum Gasteiger partial charge on any atom is 0.342 e. The van der Waals surface area contributed by atoms with Crippen molar-refractivity contribution in [2.45, 2.75) is 12.2 Å². The molecule has 0 aliphatic rings. The van der Waals surface area contributed by atoms with Gasteiger partial charge >= 0.3 is 5.97 Å². The quantitative estimate of drug-likeness (QED) is 0.411. The Labute approximate surface area is 110 Å². The number of aromatic carboxylic acids is 1. The van der Waals surface area contributed by atoms with Crippen LogP contribution in [0.25, 0.3) is 0 Å². The number of benzene rings is 1. The Kier molecular flexibility index (Phi) is 4.32. The number of halogens is 1. The molecule has 1 aromatic carbocycles. The van der Waals surface area contributed by atoms with Crippen molar-refractivity contribution in [2.24, 2.45) is 5.73 Å². The number of aliphatic hydroxyl groups is 2. The van der Waals surface area contributed by atoms with Gasteiger partial charge in [0, 0.05) is 11.6 Å². The van der Waals surface area contributed by atoms with Crippen LogP contribution >= 0.6 is 0 Å². The average molecular weight is 288 g/mol. The molecule has 2 unspecified atom stereocenters. The Hall–Kier alpha value is -2.59. The highest BCUT2D eigenvalue weighted by Gasteiger charge is 2.30. The van der Waals surface area contributed by atoms with Crippen LogP contribution in [0, 0.1) is 15.9 Å². The number of nitro groups is 1. The molecule has 9 nitrogen and oxygen atoms in total. The molecular weight excluding hydrogens is 279 g/mol. The van der Waals surface area contributed by atoms with Crippen LogP contribution in [0.5, 0.6) is 0 Å². The lowest BCUT2D eigenvalue weighted by atomic mass is 10.00. The first kappa shape index (κ1) is 15.5. The predicted octanol–water partition coefficient (Wildman–Crippen LogP) is -0.688. The molecular formula is C10H9FN2O7. The second-order valence-electron chi connectivity index (χ2n) is 3.75. The first-order valence-corrected chi connectivity index (χ1v) is 5.03. The van der Waals surface area contributed by atoms with Crippen molar-refractivity contribution in [3.63, 3.8) is 0 Å². The highest BCUT2D eigenvalue weighted by Crippen LogP contribution is 2.28. The Morgan fingerprint density at radius 3 is 2.30 bits per heavy atom. The molecule has 108 valence electrons. The largest absolute Gasteiger partial charge is 0.477 e. The highest BCUT2D eigenvalue weighted by molar-refractivity contribution is 5.92. The molecule has 0 aliphatic carbocycles.